The predicted molar refractivity (Wildman–Crippen MR) is 83.0 cm³/mol. The maximum atomic E-state index is 12.3. The van der Waals surface area contributed by atoms with Gasteiger partial charge in [0.2, 0.25) is 0 Å². The second kappa shape index (κ2) is 7.45. The molecule has 2 fully saturated rings. The summed E-state index contributed by atoms with van der Waals surface area (Å²) in [6.45, 7) is 3.37. The van der Waals surface area contributed by atoms with E-state index in [4.69, 9.17) is 5.11 Å². The summed E-state index contributed by atoms with van der Waals surface area (Å²) in [6, 6.07) is 0.0969. The van der Waals surface area contributed by atoms with Crippen molar-refractivity contribution in [1.82, 2.24) is 9.03 Å². The third kappa shape index (κ3) is 4.34. The smallest absolute Gasteiger partial charge is 0.279 e. The fraction of sp³-hybridized carbons (Fsp3) is 1.00. The first kappa shape index (κ1) is 16.5. The molecule has 0 spiro atoms. The Labute approximate surface area is 126 Å². The number of nitrogens with one attached hydrogen (secondary N) is 1. The lowest BCUT2D eigenvalue weighted by Crippen LogP contribution is -2.48. The van der Waals surface area contributed by atoms with Crippen LogP contribution in [0.25, 0.3) is 0 Å². The van der Waals surface area contributed by atoms with Crippen molar-refractivity contribution in [2.45, 2.75) is 50.3 Å². The number of thioether (sulfide) groups is 1. The van der Waals surface area contributed by atoms with E-state index < -0.39 is 10.2 Å². The molecule has 2 rings (SSSR count). The molecule has 0 bridgehead atoms. The highest BCUT2D eigenvalue weighted by molar-refractivity contribution is 7.99. The van der Waals surface area contributed by atoms with Gasteiger partial charge in [-0.05, 0) is 43.8 Å². The Morgan fingerprint density at radius 3 is 2.55 bits per heavy atom. The van der Waals surface area contributed by atoms with Crippen LogP contribution in [0.3, 0.4) is 0 Å². The van der Waals surface area contributed by atoms with Gasteiger partial charge in [-0.3, -0.25) is 0 Å². The van der Waals surface area contributed by atoms with Gasteiger partial charge in [-0.1, -0.05) is 6.92 Å². The normalized spacial score (nSPS) is 29.9. The van der Waals surface area contributed by atoms with Gasteiger partial charge in [0.25, 0.3) is 10.2 Å². The van der Waals surface area contributed by atoms with Crippen LogP contribution in [0, 0.1) is 5.92 Å². The highest BCUT2D eigenvalue weighted by atomic mass is 32.2. The number of piperidine rings is 1. The molecule has 0 aromatic heterocycles. The van der Waals surface area contributed by atoms with Gasteiger partial charge in [0.05, 0.1) is 0 Å². The first-order chi connectivity index (χ1) is 9.55. The van der Waals surface area contributed by atoms with Crippen LogP contribution in [-0.2, 0) is 10.2 Å². The third-order valence-electron chi connectivity index (χ3n) is 4.27. The number of hydrogen-bond acceptors (Lipinski definition) is 4. The molecule has 5 nitrogen and oxygen atoms in total. The van der Waals surface area contributed by atoms with Gasteiger partial charge in [-0.25, -0.2) is 0 Å². The zero-order valence-corrected chi connectivity index (χ0v) is 13.8. The Morgan fingerprint density at radius 2 is 1.95 bits per heavy atom. The average Bonchev–Trinajstić information content (AvgIpc) is 2.86. The summed E-state index contributed by atoms with van der Waals surface area (Å²) in [5.74, 6) is 1.36. The molecule has 2 atom stereocenters. The van der Waals surface area contributed by atoms with Crippen molar-refractivity contribution in [3.63, 3.8) is 0 Å². The van der Waals surface area contributed by atoms with Crippen LogP contribution in [0.15, 0.2) is 0 Å². The summed E-state index contributed by atoms with van der Waals surface area (Å²) in [5, 5.41) is 9.71. The van der Waals surface area contributed by atoms with E-state index in [-0.39, 0.29) is 18.6 Å². The first-order valence-electron chi connectivity index (χ1n) is 7.55. The molecule has 2 unspecified atom stereocenters. The Kier molecular flexibility index (Phi) is 6.16. The number of nitrogens with zero attached hydrogens (tertiary/aromatic N) is 1. The van der Waals surface area contributed by atoms with Crippen LogP contribution in [0.4, 0.5) is 0 Å². The zero-order valence-electron chi connectivity index (χ0n) is 12.1. The van der Waals surface area contributed by atoms with Gasteiger partial charge in [0.1, 0.15) is 0 Å². The van der Waals surface area contributed by atoms with Gasteiger partial charge in [-0.2, -0.15) is 29.2 Å². The van der Waals surface area contributed by atoms with E-state index in [1.807, 2.05) is 11.8 Å². The molecule has 1 saturated heterocycles. The molecule has 0 amide bonds. The van der Waals surface area contributed by atoms with Crippen molar-refractivity contribution in [3.05, 3.63) is 0 Å². The minimum absolute atomic E-state index is 0.0969. The molecular weight excluding hydrogens is 296 g/mol. The lowest BCUT2D eigenvalue weighted by molar-refractivity contribution is 0.169. The Bertz CT molecular complexity index is 394. The van der Waals surface area contributed by atoms with E-state index in [9.17, 15) is 8.42 Å². The highest BCUT2D eigenvalue weighted by Crippen LogP contribution is 2.30. The second-order valence-electron chi connectivity index (χ2n) is 5.74. The van der Waals surface area contributed by atoms with Crippen molar-refractivity contribution < 1.29 is 13.5 Å². The molecule has 2 aliphatic rings. The molecule has 2 N–H and O–H groups in total. The molecule has 118 valence electrons. The highest BCUT2D eigenvalue weighted by Gasteiger charge is 2.32. The molecular formula is C13H26N2O3S2. The molecule has 1 aliphatic heterocycles. The molecule has 20 heavy (non-hydrogen) atoms. The molecule has 1 aliphatic carbocycles. The van der Waals surface area contributed by atoms with Crippen molar-refractivity contribution in [2.24, 2.45) is 5.92 Å². The van der Waals surface area contributed by atoms with Gasteiger partial charge in [0, 0.05) is 31.0 Å². The SMILES string of the molecule is CCSC1CCC(NS(=O)(=O)N2CCC(CO)CC2)C1. The molecule has 0 radical (unpaired) electrons. The molecule has 0 aromatic rings. The minimum atomic E-state index is -3.34. The van der Waals surface area contributed by atoms with Crippen LogP contribution in [0.5, 0.6) is 0 Å². The Balaban J connectivity index is 1.83. The van der Waals surface area contributed by atoms with Crippen LogP contribution in [0.1, 0.15) is 39.0 Å². The van der Waals surface area contributed by atoms with Gasteiger partial charge < -0.3 is 5.11 Å². The van der Waals surface area contributed by atoms with Crippen LogP contribution in [0.2, 0.25) is 0 Å². The van der Waals surface area contributed by atoms with Gasteiger partial charge in [0.15, 0.2) is 0 Å². The van der Waals surface area contributed by atoms with E-state index in [1.165, 1.54) is 0 Å². The Hall–Kier alpha value is 0.180. The summed E-state index contributed by atoms with van der Waals surface area (Å²) in [6.07, 6.45) is 4.53. The Morgan fingerprint density at radius 1 is 1.25 bits per heavy atom. The van der Waals surface area contributed by atoms with Crippen molar-refractivity contribution in [1.29, 1.82) is 0 Å². The van der Waals surface area contributed by atoms with Gasteiger partial charge in [-0.15, -0.1) is 0 Å². The van der Waals surface area contributed by atoms with Gasteiger partial charge >= 0.3 is 0 Å². The van der Waals surface area contributed by atoms with Crippen molar-refractivity contribution in [2.75, 3.05) is 25.4 Å². The van der Waals surface area contributed by atoms with Crippen molar-refractivity contribution >= 4 is 22.0 Å². The zero-order chi connectivity index (χ0) is 14.6. The van der Waals surface area contributed by atoms with E-state index in [0.29, 0.717) is 18.3 Å². The summed E-state index contributed by atoms with van der Waals surface area (Å²) in [7, 11) is -3.34. The number of rotatable bonds is 6. The minimum Gasteiger partial charge on any atom is -0.396 e. The molecule has 1 saturated carbocycles. The third-order valence-corrected chi connectivity index (χ3v) is 7.18. The summed E-state index contributed by atoms with van der Waals surface area (Å²) in [5.41, 5.74) is 0. The van der Waals surface area contributed by atoms with E-state index in [0.717, 1.165) is 37.9 Å². The lowest BCUT2D eigenvalue weighted by Gasteiger charge is -2.31. The van der Waals surface area contributed by atoms with Crippen LogP contribution >= 0.6 is 11.8 Å². The lowest BCUT2D eigenvalue weighted by atomic mass is 10.00. The quantitative estimate of drug-likeness (QED) is 0.771. The van der Waals surface area contributed by atoms with Crippen molar-refractivity contribution in [3.8, 4) is 0 Å². The standard InChI is InChI=1S/C13H26N2O3S2/c1-2-19-13-4-3-12(9-13)14-20(17,18)15-7-5-11(10-16)6-8-15/h11-14,16H,2-10H2,1H3. The monoisotopic (exact) mass is 322 g/mol. The topological polar surface area (TPSA) is 69.6 Å². The summed E-state index contributed by atoms with van der Waals surface area (Å²) < 4.78 is 29.1. The maximum Gasteiger partial charge on any atom is 0.279 e. The second-order valence-corrected chi connectivity index (χ2v) is 9.01. The predicted octanol–water partition coefficient (Wildman–Crippen LogP) is 1.20. The summed E-state index contributed by atoms with van der Waals surface area (Å²) >= 11 is 1.93. The molecule has 1 heterocycles. The summed E-state index contributed by atoms with van der Waals surface area (Å²) in [4.78, 5) is 0. The molecule has 7 heteroatoms. The van der Waals surface area contributed by atoms with Crippen LogP contribution < -0.4 is 4.72 Å². The average molecular weight is 322 g/mol. The van der Waals surface area contributed by atoms with E-state index >= 15 is 0 Å². The number of aliphatic hydroxyl groups is 1. The largest absolute Gasteiger partial charge is 0.396 e. The molecule has 0 aromatic carbocycles. The fourth-order valence-electron chi connectivity index (χ4n) is 3.05. The van der Waals surface area contributed by atoms with E-state index in [1.54, 1.807) is 4.31 Å². The first-order valence-corrected chi connectivity index (χ1v) is 10.0. The number of aliphatic hydroxyl groups excluding tert-OH is 1. The van der Waals surface area contributed by atoms with Crippen LogP contribution in [-0.4, -0.2) is 54.6 Å². The fourth-order valence-corrected chi connectivity index (χ4v) is 5.67. The number of hydrogen-bond donors (Lipinski definition) is 2. The maximum absolute atomic E-state index is 12.3. The van der Waals surface area contributed by atoms with E-state index in [2.05, 4.69) is 11.6 Å².